The van der Waals surface area contributed by atoms with E-state index in [1.54, 1.807) is 6.20 Å². The lowest BCUT2D eigenvalue weighted by Crippen LogP contribution is -2.17. The van der Waals surface area contributed by atoms with Crippen molar-refractivity contribution in [3.8, 4) is 17.4 Å². The van der Waals surface area contributed by atoms with Crippen LogP contribution in [-0.2, 0) is 4.79 Å². The summed E-state index contributed by atoms with van der Waals surface area (Å²) in [6.07, 6.45) is 3.59. The van der Waals surface area contributed by atoms with E-state index in [4.69, 9.17) is 9.47 Å². The third-order valence-corrected chi connectivity index (χ3v) is 5.09. The van der Waals surface area contributed by atoms with Gasteiger partial charge >= 0.3 is 0 Å². The Morgan fingerprint density at radius 3 is 2.38 bits per heavy atom. The molecule has 2 heterocycles. The summed E-state index contributed by atoms with van der Waals surface area (Å²) in [7, 11) is 2.97. The smallest absolute Gasteiger partial charge is 0.237 e. The third-order valence-electron chi connectivity index (χ3n) is 4.13. The molecule has 8 nitrogen and oxygen atoms in total. The molecule has 0 saturated carbocycles. The average molecular weight is 414 g/mol. The monoisotopic (exact) mass is 413 g/mol. The number of imidazole rings is 1. The first-order valence-electron chi connectivity index (χ1n) is 9.03. The van der Waals surface area contributed by atoms with E-state index in [-0.39, 0.29) is 17.6 Å². The number of amides is 1. The molecule has 1 aromatic carbocycles. The van der Waals surface area contributed by atoms with E-state index >= 15 is 0 Å². The van der Waals surface area contributed by atoms with E-state index in [9.17, 15) is 4.79 Å². The third kappa shape index (κ3) is 5.26. The lowest BCUT2D eigenvalue weighted by atomic mass is 10.0. The van der Waals surface area contributed by atoms with Gasteiger partial charge in [-0.3, -0.25) is 14.7 Å². The number of aromatic nitrogens is 4. The van der Waals surface area contributed by atoms with Gasteiger partial charge in [0.15, 0.2) is 5.16 Å². The van der Waals surface area contributed by atoms with Crippen LogP contribution in [0.4, 0.5) is 5.95 Å². The topological polar surface area (TPSA) is 91.2 Å². The summed E-state index contributed by atoms with van der Waals surface area (Å²) >= 11 is 1.33. The molecule has 9 heteroatoms. The fourth-order valence-corrected chi connectivity index (χ4v) is 3.35. The predicted octanol–water partition coefficient (Wildman–Crippen LogP) is 3.53. The summed E-state index contributed by atoms with van der Waals surface area (Å²) in [5.74, 6) is 1.11. The van der Waals surface area contributed by atoms with Crippen LogP contribution in [0.15, 0.2) is 47.9 Å². The van der Waals surface area contributed by atoms with Crippen LogP contribution in [0, 0.1) is 0 Å². The normalized spacial score (nSPS) is 10.8. The number of thioether (sulfide) groups is 1. The Morgan fingerprint density at radius 2 is 1.79 bits per heavy atom. The first-order chi connectivity index (χ1) is 14.0. The molecule has 0 radical (unpaired) electrons. The Kier molecular flexibility index (Phi) is 6.71. The number of hydrogen-bond donors (Lipinski definition) is 1. The van der Waals surface area contributed by atoms with Crippen molar-refractivity contribution in [3.05, 3.63) is 48.3 Å². The van der Waals surface area contributed by atoms with Crippen LogP contribution >= 0.6 is 11.8 Å². The Labute approximate surface area is 173 Å². The standard InChI is InChI=1S/C20H23N5O3S/c1-13(2)14-5-7-15(8-6-14)25-10-9-21-20(25)29-12-16(26)22-19-23-17(27-3)11-18(24-19)28-4/h5-11,13H,12H2,1-4H3,(H,22,23,24,26). The van der Waals surface area contributed by atoms with Crippen molar-refractivity contribution in [1.82, 2.24) is 19.5 Å². The van der Waals surface area contributed by atoms with Crippen LogP contribution in [0.1, 0.15) is 25.3 Å². The van der Waals surface area contributed by atoms with Crippen LogP contribution in [0.5, 0.6) is 11.8 Å². The van der Waals surface area contributed by atoms with Gasteiger partial charge < -0.3 is 9.47 Å². The molecule has 0 aliphatic rings. The van der Waals surface area contributed by atoms with Gasteiger partial charge in [-0.1, -0.05) is 37.7 Å². The Morgan fingerprint density at radius 1 is 1.14 bits per heavy atom. The van der Waals surface area contributed by atoms with Crippen molar-refractivity contribution in [2.45, 2.75) is 24.9 Å². The molecule has 0 atom stereocenters. The van der Waals surface area contributed by atoms with Crippen molar-refractivity contribution in [2.75, 3.05) is 25.3 Å². The maximum Gasteiger partial charge on any atom is 0.237 e. The van der Waals surface area contributed by atoms with E-state index in [1.807, 2.05) is 10.8 Å². The summed E-state index contributed by atoms with van der Waals surface area (Å²) in [4.78, 5) is 24.9. The van der Waals surface area contributed by atoms with Gasteiger partial charge in [0, 0.05) is 18.1 Å². The minimum absolute atomic E-state index is 0.124. The molecule has 0 unspecified atom stereocenters. The highest BCUT2D eigenvalue weighted by atomic mass is 32.2. The number of methoxy groups -OCH3 is 2. The van der Waals surface area contributed by atoms with Gasteiger partial charge in [-0.15, -0.1) is 0 Å². The van der Waals surface area contributed by atoms with Gasteiger partial charge in [0.1, 0.15) is 0 Å². The van der Waals surface area contributed by atoms with Crippen molar-refractivity contribution >= 4 is 23.6 Å². The largest absolute Gasteiger partial charge is 0.481 e. The van der Waals surface area contributed by atoms with Crippen LogP contribution in [0.2, 0.25) is 0 Å². The number of ether oxygens (including phenoxy) is 2. The highest BCUT2D eigenvalue weighted by Gasteiger charge is 2.12. The zero-order valence-corrected chi connectivity index (χ0v) is 17.6. The minimum atomic E-state index is -0.255. The second-order valence-corrected chi connectivity index (χ2v) is 7.38. The molecule has 1 amide bonds. The summed E-state index contributed by atoms with van der Waals surface area (Å²) in [5, 5.41) is 3.38. The molecule has 3 aromatic rings. The van der Waals surface area contributed by atoms with E-state index in [0.717, 1.165) is 10.8 Å². The minimum Gasteiger partial charge on any atom is -0.481 e. The van der Waals surface area contributed by atoms with E-state index in [2.05, 4.69) is 58.4 Å². The quantitative estimate of drug-likeness (QED) is 0.565. The highest BCUT2D eigenvalue weighted by Crippen LogP contribution is 2.23. The zero-order valence-electron chi connectivity index (χ0n) is 16.7. The lowest BCUT2D eigenvalue weighted by Gasteiger charge is -2.10. The van der Waals surface area contributed by atoms with Crippen molar-refractivity contribution in [2.24, 2.45) is 0 Å². The van der Waals surface area contributed by atoms with Crippen LogP contribution in [0.3, 0.4) is 0 Å². The second-order valence-electron chi connectivity index (χ2n) is 6.44. The molecule has 2 aromatic heterocycles. The molecular formula is C20H23N5O3S. The summed E-state index contributed by atoms with van der Waals surface area (Å²) in [6, 6.07) is 9.85. The van der Waals surface area contributed by atoms with Crippen molar-refractivity contribution < 1.29 is 14.3 Å². The fourth-order valence-electron chi connectivity index (χ4n) is 2.57. The first kappa shape index (κ1) is 20.7. The number of nitrogens with zero attached hydrogens (tertiary/aromatic N) is 4. The Bertz CT molecular complexity index is 950. The van der Waals surface area contributed by atoms with E-state index in [1.165, 1.54) is 37.6 Å². The predicted molar refractivity (Wildman–Crippen MR) is 112 cm³/mol. The van der Waals surface area contributed by atoms with Crippen LogP contribution in [0.25, 0.3) is 5.69 Å². The van der Waals surface area contributed by atoms with Gasteiger partial charge in [-0.25, -0.2) is 4.98 Å². The molecule has 29 heavy (non-hydrogen) atoms. The number of nitrogens with one attached hydrogen (secondary N) is 1. The second kappa shape index (κ2) is 9.42. The van der Waals surface area contributed by atoms with Crippen molar-refractivity contribution in [3.63, 3.8) is 0 Å². The first-order valence-corrected chi connectivity index (χ1v) is 10.0. The average Bonchev–Trinajstić information content (AvgIpc) is 3.20. The molecule has 0 spiro atoms. The Balaban J connectivity index is 1.65. The molecule has 1 N–H and O–H groups in total. The van der Waals surface area contributed by atoms with E-state index < -0.39 is 0 Å². The number of carbonyl (C=O) groups is 1. The number of hydrogen-bond acceptors (Lipinski definition) is 7. The molecular weight excluding hydrogens is 390 g/mol. The van der Waals surface area contributed by atoms with E-state index in [0.29, 0.717) is 17.7 Å². The molecule has 0 bridgehead atoms. The van der Waals surface area contributed by atoms with Gasteiger partial charge in [0.2, 0.25) is 23.6 Å². The lowest BCUT2D eigenvalue weighted by molar-refractivity contribution is -0.113. The SMILES string of the molecule is COc1cc(OC)nc(NC(=O)CSc2nccn2-c2ccc(C(C)C)cc2)n1. The zero-order chi connectivity index (χ0) is 20.8. The van der Waals surface area contributed by atoms with Gasteiger partial charge in [-0.05, 0) is 23.6 Å². The maximum absolute atomic E-state index is 12.3. The molecule has 0 saturated heterocycles. The number of rotatable bonds is 8. The van der Waals surface area contributed by atoms with Crippen molar-refractivity contribution in [1.29, 1.82) is 0 Å². The highest BCUT2D eigenvalue weighted by molar-refractivity contribution is 7.99. The van der Waals surface area contributed by atoms with Gasteiger partial charge in [-0.2, -0.15) is 9.97 Å². The van der Waals surface area contributed by atoms with Crippen LogP contribution in [-0.4, -0.2) is 45.4 Å². The number of benzene rings is 1. The summed E-state index contributed by atoms with van der Waals surface area (Å²) in [5.41, 5.74) is 2.27. The van der Waals surface area contributed by atoms with Gasteiger partial charge in [0.25, 0.3) is 0 Å². The summed E-state index contributed by atoms with van der Waals surface area (Å²) in [6.45, 7) is 4.32. The van der Waals surface area contributed by atoms with Gasteiger partial charge in [0.05, 0.1) is 26.0 Å². The molecule has 0 fully saturated rings. The molecule has 0 aliphatic heterocycles. The fraction of sp³-hybridized carbons (Fsp3) is 0.300. The molecule has 152 valence electrons. The number of carbonyl (C=O) groups excluding carboxylic acids is 1. The molecule has 0 aliphatic carbocycles. The maximum atomic E-state index is 12.3. The Hall–Kier alpha value is -3.07. The molecule has 3 rings (SSSR count). The van der Waals surface area contributed by atoms with Crippen LogP contribution < -0.4 is 14.8 Å². The number of anilines is 1. The summed E-state index contributed by atoms with van der Waals surface area (Å²) < 4.78 is 12.1.